The van der Waals surface area contributed by atoms with Gasteiger partial charge in [-0.1, -0.05) is 19.3 Å². The molecule has 0 aromatic carbocycles. The number of hydrogen-bond donors (Lipinski definition) is 3. The van der Waals surface area contributed by atoms with Crippen LogP contribution in [0.3, 0.4) is 0 Å². The Morgan fingerprint density at radius 3 is 2.57 bits per heavy atom. The highest BCUT2D eigenvalue weighted by atomic mass is 35.5. The Kier molecular flexibility index (Phi) is 6.24. The summed E-state index contributed by atoms with van der Waals surface area (Å²) >= 11 is 6.03. The van der Waals surface area contributed by atoms with Gasteiger partial charge in [-0.05, 0) is 24.4 Å². The first kappa shape index (κ1) is 16.7. The lowest BCUT2D eigenvalue weighted by Gasteiger charge is -2.24. The average molecular weight is 342 g/mol. The molecule has 8 heteroatoms. The Morgan fingerprint density at radius 2 is 1.78 bits per heavy atom. The first-order valence-corrected chi connectivity index (χ1v) is 9.01. The summed E-state index contributed by atoms with van der Waals surface area (Å²) in [5, 5.41) is 6.89. The number of halogens is 1. The molecule has 1 saturated heterocycles. The van der Waals surface area contributed by atoms with E-state index < -0.39 is 0 Å². The van der Waals surface area contributed by atoms with Crippen molar-refractivity contribution in [3.05, 3.63) is 5.28 Å². The summed E-state index contributed by atoms with van der Waals surface area (Å²) in [6.07, 6.45) is 6.21. The lowest BCUT2D eigenvalue weighted by molar-refractivity contribution is -0.906. The molecule has 3 rings (SSSR count). The molecule has 0 unspecified atom stereocenters. The Balaban J connectivity index is 1.50. The minimum atomic E-state index is 0.236. The lowest BCUT2D eigenvalue weighted by Crippen LogP contribution is -3.14. The number of hydrogen-bond acceptors (Lipinski definition) is 6. The smallest absolute Gasteiger partial charge is 0.229 e. The van der Waals surface area contributed by atoms with Crippen LogP contribution in [-0.2, 0) is 4.74 Å². The van der Waals surface area contributed by atoms with Crippen molar-refractivity contribution in [3.63, 3.8) is 0 Å². The quantitative estimate of drug-likeness (QED) is 0.703. The van der Waals surface area contributed by atoms with Crippen LogP contribution in [0.1, 0.15) is 32.1 Å². The Labute approximate surface area is 142 Å². The number of anilines is 2. The molecule has 0 radical (unpaired) electrons. The maximum absolute atomic E-state index is 6.03. The minimum absolute atomic E-state index is 0.236. The zero-order valence-electron chi connectivity index (χ0n) is 13.5. The van der Waals surface area contributed by atoms with Gasteiger partial charge in [0.1, 0.15) is 13.1 Å². The molecule has 3 N–H and O–H groups in total. The van der Waals surface area contributed by atoms with E-state index in [0.29, 0.717) is 17.9 Å². The predicted molar refractivity (Wildman–Crippen MR) is 90.2 cm³/mol. The van der Waals surface area contributed by atoms with Gasteiger partial charge in [0, 0.05) is 6.04 Å². The van der Waals surface area contributed by atoms with Gasteiger partial charge in [0.2, 0.25) is 17.2 Å². The van der Waals surface area contributed by atoms with Crippen LogP contribution in [0.5, 0.6) is 0 Å². The highest BCUT2D eigenvalue weighted by Crippen LogP contribution is 2.20. The van der Waals surface area contributed by atoms with E-state index >= 15 is 0 Å². The summed E-state index contributed by atoms with van der Waals surface area (Å²) in [6, 6.07) is 0.452. The number of nitrogens with one attached hydrogen (secondary N) is 3. The van der Waals surface area contributed by atoms with Crippen LogP contribution in [0.15, 0.2) is 0 Å². The second-order valence-corrected chi connectivity index (χ2v) is 6.61. The number of quaternary nitrogens is 1. The van der Waals surface area contributed by atoms with Gasteiger partial charge < -0.3 is 20.3 Å². The molecule has 1 saturated carbocycles. The van der Waals surface area contributed by atoms with E-state index in [9.17, 15) is 0 Å². The highest BCUT2D eigenvalue weighted by molar-refractivity contribution is 6.28. The van der Waals surface area contributed by atoms with Gasteiger partial charge in [0.15, 0.2) is 0 Å². The molecular weight excluding hydrogens is 316 g/mol. The first-order chi connectivity index (χ1) is 11.3. The number of ether oxygens (including phenoxy) is 1. The van der Waals surface area contributed by atoms with E-state index in [4.69, 9.17) is 16.3 Å². The standard InChI is InChI=1S/C15H25ClN6O/c16-13-19-14(17-6-7-22-8-10-23-11-9-22)21-15(20-13)18-12-4-2-1-3-5-12/h12H,1-11H2,(H2,17,18,19,20,21)/p+1. The molecule has 2 heterocycles. The molecule has 0 amide bonds. The SMILES string of the molecule is Clc1nc(NCC[NH+]2CCOCC2)nc(NC2CCCCC2)n1. The third-order valence-corrected chi connectivity index (χ3v) is 4.68. The van der Waals surface area contributed by atoms with Gasteiger partial charge in [-0.15, -0.1) is 0 Å². The first-order valence-electron chi connectivity index (χ1n) is 8.63. The average Bonchev–Trinajstić information content (AvgIpc) is 2.56. The Morgan fingerprint density at radius 1 is 1.04 bits per heavy atom. The van der Waals surface area contributed by atoms with Crippen molar-refractivity contribution in [2.45, 2.75) is 38.1 Å². The van der Waals surface area contributed by atoms with Crippen LogP contribution in [-0.4, -0.2) is 60.4 Å². The van der Waals surface area contributed by atoms with Crippen molar-refractivity contribution in [2.75, 3.05) is 50.0 Å². The van der Waals surface area contributed by atoms with Crippen LogP contribution in [0, 0.1) is 0 Å². The predicted octanol–water partition coefficient (Wildman–Crippen LogP) is 0.597. The molecule has 1 aromatic heterocycles. The fourth-order valence-electron chi connectivity index (χ4n) is 3.18. The molecule has 2 aliphatic rings. The van der Waals surface area contributed by atoms with Gasteiger partial charge in [-0.2, -0.15) is 15.0 Å². The van der Waals surface area contributed by atoms with Crippen molar-refractivity contribution in [1.29, 1.82) is 0 Å². The molecule has 2 fully saturated rings. The second-order valence-electron chi connectivity index (χ2n) is 6.27. The lowest BCUT2D eigenvalue weighted by atomic mass is 9.96. The van der Waals surface area contributed by atoms with Gasteiger partial charge in [-0.25, -0.2) is 0 Å². The molecule has 23 heavy (non-hydrogen) atoms. The highest BCUT2D eigenvalue weighted by Gasteiger charge is 2.16. The zero-order valence-corrected chi connectivity index (χ0v) is 14.2. The Hall–Kier alpha value is -1.18. The third kappa shape index (κ3) is 5.44. The van der Waals surface area contributed by atoms with E-state index in [-0.39, 0.29) is 5.28 Å². The van der Waals surface area contributed by atoms with Crippen LogP contribution in [0.2, 0.25) is 5.28 Å². The van der Waals surface area contributed by atoms with Gasteiger partial charge >= 0.3 is 0 Å². The normalized spacial score (nSPS) is 20.4. The van der Waals surface area contributed by atoms with Crippen molar-refractivity contribution in [3.8, 4) is 0 Å². The molecule has 128 valence electrons. The maximum Gasteiger partial charge on any atom is 0.229 e. The zero-order chi connectivity index (χ0) is 15.9. The van der Waals surface area contributed by atoms with Crippen LogP contribution in [0.4, 0.5) is 11.9 Å². The van der Waals surface area contributed by atoms with E-state index in [1.54, 1.807) is 4.90 Å². The van der Waals surface area contributed by atoms with Gasteiger partial charge in [0.05, 0.1) is 26.3 Å². The summed E-state index contributed by atoms with van der Waals surface area (Å²) in [5.74, 6) is 1.13. The van der Waals surface area contributed by atoms with Crippen molar-refractivity contribution in [1.82, 2.24) is 15.0 Å². The topological polar surface area (TPSA) is 76.4 Å². The van der Waals surface area contributed by atoms with E-state index in [0.717, 1.165) is 39.4 Å². The summed E-state index contributed by atoms with van der Waals surface area (Å²) in [7, 11) is 0. The van der Waals surface area contributed by atoms with Crippen LogP contribution < -0.4 is 15.5 Å². The van der Waals surface area contributed by atoms with Gasteiger partial charge in [0.25, 0.3) is 0 Å². The molecule has 7 nitrogen and oxygen atoms in total. The van der Waals surface area contributed by atoms with E-state index in [2.05, 4.69) is 25.6 Å². The second kappa shape index (κ2) is 8.61. The van der Waals surface area contributed by atoms with Crippen molar-refractivity contribution < 1.29 is 9.64 Å². The van der Waals surface area contributed by atoms with Crippen LogP contribution >= 0.6 is 11.6 Å². The molecule has 0 atom stereocenters. The summed E-state index contributed by atoms with van der Waals surface area (Å²) in [6.45, 7) is 5.67. The van der Waals surface area contributed by atoms with E-state index in [1.807, 2.05) is 0 Å². The minimum Gasteiger partial charge on any atom is -0.370 e. The number of nitrogens with zero attached hydrogens (tertiary/aromatic N) is 3. The molecule has 0 spiro atoms. The molecule has 0 bridgehead atoms. The van der Waals surface area contributed by atoms with Crippen molar-refractivity contribution in [2.24, 2.45) is 0 Å². The van der Waals surface area contributed by atoms with E-state index in [1.165, 1.54) is 32.1 Å². The maximum atomic E-state index is 6.03. The monoisotopic (exact) mass is 341 g/mol. The summed E-state index contributed by atoms with van der Waals surface area (Å²) in [5.41, 5.74) is 0. The number of rotatable bonds is 6. The molecular formula is C15H26ClN6O+. The molecule has 1 aliphatic heterocycles. The largest absolute Gasteiger partial charge is 0.370 e. The summed E-state index contributed by atoms with van der Waals surface area (Å²) < 4.78 is 5.37. The molecule has 1 aromatic rings. The number of aromatic nitrogens is 3. The fourth-order valence-corrected chi connectivity index (χ4v) is 3.34. The molecule has 1 aliphatic carbocycles. The third-order valence-electron chi connectivity index (χ3n) is 4.51. The van der Waals surface area contributed by atoms with Crippen molar-refractivity contribution >= 4 is 23.5 Å². The van der Waals surface area contributed by atoms with Gasteiger partial charge in [-0.3, -0.25) is 0 Å². The van der Waals surface area contributed by atoms with Crippen LogP contribution in [0.25, 0.3) is 0 Å². The number of morpholine rings is 1. The summed E-state index contributed by atoms with van der Waals surface area (Å²) in [4.78, 5) is 14.4. The Bertz CT molecular complexity index is 491. The fraction of sp³-hybridized carbons (Fsp3) is 0.800.